The van der Waals surface area contributed by atoms with Crippen LogP contribution in [0.25, 0.3) is 22.2 Å². The first kappa shape index (κ1) is 23.4. The van der Waals surface area contributed by atoms with Gasteiger partial charge in [0.25, 0.3) is 5.56 Å². The summed E-state index contributed by atoms with van der Waals surface area (Å²) in [4.78, 5) is 18.1. The number of nitrogens with zero attached hydrogens (tertiary/aromatic N) is 3. The van der Waals surface area contributed by atoms with E-state index in [1.54, 1.807) is 25.4 Å². The number of nitrogens with two attached hydrogens (primary N) is 1. The van der Waals surface area contributed by atoms with Gasteiger partial charge in [-0.25, -0.2) is 4.68 Å². The summed E-state index contributed by atoms with van der Waals surface area (Å²) >= 11 is 5.05. The monoisotopic (exact) mass is 474 g/mol. The molecule has 8 heteroatoms. The van der Waals surface area contributed by atoms with Gasteiger partial charge >= 0.3 is 0 Å². The normalized spacial score (nSPS) is 11.8. The third-order valence-corrected chi connectivity index (χ3v) is 6.00. The molecule has 4 aromatic rings. The number of ether oxygens (including phenoxy) is 2. The van der Waals surface area contributed by atoms with Gasteiger partial charge in [-0.05, 0) is 54.4 Å². The van der Waals surface area contributed by atoms with E-state index in [1.165, 1.54) is 4.68 Å². The van der Waals surface area contributed by atoms with E-state index < -0.39 is 0 Å². The SMILES string of the molecule is COc1ccc2c(=O)n(CCOc3ccc(CC(C)C(N)=S)cc3)nc(-c3ccccn3)c2c1. The van der Waals surface area contributed by atoms with Crippen LogP contribution in [0.4, 0.5) is 0 Å². The van der Waals surface area contributed by atoms with E-state index in [2.05, 4.69) is 10.1 Å². The molecule has 0 bridgehead atoms. The van der Waals surface area contributed by atoms with Crippen molar-refractivity contribution in [1.29, 1.82) is 0 Å². The lowest BCUT2D eigenvalue weighted by Crippen LogP contribution is -2.26. The van der Waals surface area contributed by atoms with Crippen LogP contribution in [0, 0.1) is 5.92 Å². The third-order valence-electron chi connectivity index (χ3n) is 5.60. The summed E-state index contributed by atoms with van der Waals surface area (Å²) in [6, 6.07) is 18.7. The van der Waals surface area contributed by atoms with Crippen molar-refractivity contribution in [3.63, 3.8) is 0 Å². The third kappa shape index (κ3) is 5.23. The molecular formula is C26H26N4O3S. The maximum atomic E-state index is 13.1. The second kappa shape index (κ2) is 10.4. The Hall–Kier alpha value is -3.78. The van der Waals surface area contributed by atoms with Gasteiger partial charge in [-0.15, -0.1) is 0 Å². The molecule has 0 radical (unpaired) electrons. The number of hydrogen-bond donors (Lipinski definition) is 1. The molecule has 2 heterocycles. The van der Waals surface area contributed by atoms with Crippen LogP contribution in [0.2, 0.25) is 0 Å². The van der Waals surface area contributed by atoms with Gasteiger partial charge in [-0.1, -0.05) is 37.3 Å². The Bertz CT molecular complexity index is 1350. The van der Waals surface area contributed by atoms with E-state index in [-0.39, 0.29) is 11.5 Å². The number of fused-ring (bicyclic) bond motifs is 1. The van der Waals surface area contributed by atoms with Crippen LogP contribution in [0.3, 0.4) is 0 Å². The summed E-state index contributed by atoms with van der Waals surface area (Å²) in [5, 5.41) is 5.87. The minimum absolute atomic E-state index is 0.140. The molecule has 0 aliphatic heterocycles. The summed E-state index contributed by atoms with van der Waals surface area (Å²) < 4.78 is 12.7. The van der Waals surface area contributed by atoms with Crippen molar-refractivity contribution in [2.45, 2.75) is 19.9 Å². The molecule has 174 valence electrons. The van der Waals surface area contributed by atoms with Crippen LogP contribution in [0.15, 0.2) is 71.7 Å². The summed E-state index contributed by atoms with van der Waals surface area (Å²) in [5.41, 5.74) is 7.94. The van der Waals surface area contributed by atoms with E-state index in [4.69, 9.17) is 27.4 Å². The molecule has 0 aliphatic rings. The van der Waals surface area contributed by atoms with Gasteiger partial charge in [0.1, 0.15) is 23.8 Å². The molecule has 0 aliphatic carbocycles. The van der Waals surface area contributed by atoms with Gasteiger partial charge in [0.15, 0.2) is 0 Å². The van der Waals surface area contributed by atoms with Crippen molar-refractivity contribution in [2.75, 3.05) is 13.7 Å². The molecule has 0 spiro atoms. The van der Waals surface area contributed by atoms with Gasteiger partial charge in [0.05, 0.1) is 29.7 Å². The zero-order valence-electron chi connectivity index (χ0n) is 19.1. The fourth-order valence-electron chi connectivity index (χ4n) is 3.66. The lowest BCUT2D eigenvalue weighted by atomic mass is 10.0. The van der Waals surface area contributed by atoms with Crippen molar-refractivity contribution in [1.82, 2.24) is 14.8 Å². The van der Waals surface area contributed by atoms with Gasteiger partial charge in [-0.3, -0.25) is 9.78 Å². The molecule has 4 rings (SSSR count). The minimum Gasteiger partial charge on any atom is -0.497 e. The van der Waals surface area contributed by atoms with Gasteiger partial charge in [0.2, 0.25) is 0 Å². The lowest BCUT2D eigenvalue weighted by molar-refractivity contribution is 0.288. The topological polar surface area (TPSA) is 92.3 Å². The summed E-state index contributed by atoms with van der Waals surface area (Å²) in [6.07, 6.45) is 2.49. The molecule has 2 N–H and O–H groups in total. The first-order valence-corrected chi connectivity index (χ1v) is 11.4. The Kier molecular flexibility index (Phi) is 7.18. The van der Waals surface area contributed by atoms with Crippen LogP contribution < -0.4 is 20.8 Å². The van der Waals surface area contributed by atoms with E-state index >= 15 is 0 Å². The lowest BCUT2D eigenvalue weighted by Gasteiger charge is -2.13. The first-order valence-electron chi connectivity index (χ1n) is 11.0. The summed E-state index contributed by atoms with van der Waals surface area (Å²) in [6.45, 7) is 2.59. The van der Waals surface area contributed by atoms with Gasteiger partial charge in [-0.2, -0.15) is 5.10 Å². The van der Waals surface area contributed by atoms with Crippen LogP contribution >= 0.6 is 12.2 Å². The molecule has 2 aromatic heterocycles. The highest BCUT2D eigenvalue weighted by atomic mass is 32.1. The van der Waals surface area contributed by atoms with E-state index in [0.29, 0.717) is 46.0 Å². The molecule has 7 nitrogen and oxygen atoms in total. The Morgan fingerprint density at radius 2 is 1.85 bits per heavy atom. The number of pyridine rings is 1. The van der Waals surface area contributed by atoms with Gasteiger partial charge < -0.3 is 15.2 Å². The Balaban J connectivity index is 1.55. The number of benzene rings is 2. The van der Waals surface area contributed by atoms with E-state index in [9.17, 15) is 4.79 Å². The minimum atomic E-state index is -0.192. The number of aromatic nitrogens is 3. The van der Waals surface area contributed by atoms with Crippen molar-refractivity contribution < 1.29 is 9.47 Å². The molecular weight excluding hydrogens is 448 g/mol. The Morgan fingerprint density at radius 3 is 2.53 bits per heavy atom. The largest absolute Gasteiger partial charge is 0.497 e. The van der Waals surface area contributed by atoms with Crippen LogP contribution in [-0.2, 0) is 13.0 Å². The van der Waals surface area contributed by atoms with Crippen molar-refractivity contribution in [3.05, 3.63) is 82.8 Å². The predicted octanol–water partition coefficient (Wildman–Crippen LogP) is 4.01. The second-order valence-electron chi connectivity index (χ2n) is 8.00. The number of thiocarbonyl (C=S) groups is 1. The average molecular weight is 475 g/mol. The summed E-state index contributed by atoms with van der Waals surface area (Å²) in [7, 11) is 1.59. The molecule has 34 heavy (non-hydrogen) atoms. The summed E-state index contributed by atoms with van der Waals surface area (Å²) in [5.74, 6) is 1.51. The van der Waals surface area contributed by atoms with E-state index in [0.717, 1.165) is 17.7 Å². The highest BCUT2D eigenvalue weighted by Gasteiger charge is 2.14. The van der Waals surface area contributed by atoms with Crippen molar-refractivity contribution >= 4 is 28.0 Å². The fourth-order valence-corrected chi connectivity index (χ4v) is 3.74. The number of hydrogen-bond acceptors (Lipinski definition) is 6. The number of methoxy groups -OCH3 is 1. The van der Waals surface area contributed by atoms with Crippen LogP contribution in [-0.4, -0.2) is 33.5 Å². The van der Waals surface area contributed by atoms with E-state index in [1.807, 2.05) is 55.5 Å². The molecule has 1 atom stereocenters. The van der Waals surface area contributed by atoms with Crippen LogP contribution in [0.1, 0.15) is 12.5 Å². The Labute approximate surface area is 203 Å². The van der Waals surface area contributed by atoms with Crippen molar-refractivity contribution in [2.24, 2.45) is 11.7 Å². The Morgan fingerprint density at radius 1 is 1.09 bits per heavy atom. The average Bonchev–Trinajstić information content (AvgIpc) is 2.86. The standard InChI is InChI=1S/C26H26N4O3S/c1-17(25(27)34)15-18-6-8-19(9-7-18)33-14-13-30-26(31)21-11-10-20(32-2)16-22(21)24(29-30)23-5-3-4-12-28-23/h3-12,16-17H,13-15H2,1-2H3,(H2,27,34). The highest BCUT2D eigenvalue weighted by Crippen LogP contribution is 2.26. The maximum Gasteiger partial charge on any atom is 0.274 e. The molecule has 0 saturated carbocycles. The molecule has 0 fully saturated rings. The smallest absolute Gasteiger partial charge is 0.274 e. The zero-order valence-corrected chi connectivity index (χ0v) is 19.9. The molecule has 0 saturated heterocycles. The second-order valence-corrected chi connectivity index (χ2v) is 8.47. The fraction of sp³-hybridized carbons (Fsp3) is 0.231. The quantitative estimate of drug-likeness (QED) is 0.367. The maximum absolute atomic E-state index is 13.1. The van der Waals surface area contributed by atoms with Crippen molar-refractivity contribution in [3.8, 4) is 22.9 Å². The number of rotatable bonds is 9. The zero-order chi connectivity index (χ0) is 24.1. The predicted molar refractivity (Wildman–Crippen MR) is 137 cm³/mol. The molecule has 1 unspecified atom stereocenters. The molecule has 0 amide bonds. The van der Waals surface area contributed by atoms with Crippen LogP contribution in [0.5, 0.6) is 11.5 Å². The van der Waals surface area contributed by atoms with Gasteiger partial charge in [0, 0.05) is 17.5 Å². The first-order chi connectivity index (χ1) is 16.5. The highest BCUT2D eigenvalue weighted by molar-refractivity contribution is 7.80. The molecule has 2 aromatic carbocycles.